The molecule has 0 atom stereocenters. The summed E-state index contributed by atoms with van der Waals surface area (Å²) in [6, 6.07) is 0. The van der Waals surface area contributed by atoms with E-state index in [1.807, 2.05) is 11.8 Å². The van der Waals surface area contributed by atoms with Gasteiger partial charge in [0.05, 0.1) is 6.61 Å². The molecule has 0 spiro atoms. The van der Waals surface area contributed by atoms with Gasteiger partial charge in [0.2, 0.25) is 0 Å². The average Bonchev–Trinajstić information content (AvgIpc) is 2.18. The summed E-state index contributed by atoms with van der Waals surface area (Å²) in [5, 5.41) is 3.33. The quantitative estimate of drug-likeness (QED) is 0.553. The third-order valence-corrected chi connectivity index (χ3v) is 2.85. The highest BCUT2D eigenvalue weighted by Crippen LogP contribution is 1.97. The summed E-state index contributed by atoms with van der Waals surface area (Å²) in [5.74, 6) is 2.46. The molecule has 0 aliphatic carbocycles. The Morgan fingerprint density at radius 2 is 2.07 bits per heavy atom. The van der Waals surface area contributed by atoms with Gasteiger partial charge in [-0.3, -0.25) is 0 Å². The highest BCUT2D eigenvalue weighted by atomic mass is 32.2. The summed E-state index contributed by atoms with van der Waals surface area (Å²) < 4.78 is 4.95. The van der Waals surface area contributed by atoms with Crippen LogP contribution < -0.4 is 5.32 Å². The van der Waals surface area contributed by atoms with E-state index in [1.54, 1.807) is 7.11 Å². The molecule has 0 fully saturated rings. The number of nitrogens with one attached hydrogen (secondary N) is 1. The number of rotatable bonds is 10. The summed E-state index contributed by atoms with van der Waals surface area (Å²) in [7, 11) is 3.91. The van der Waals surface area contributed by atoms with Crippen LogP contribution in [0.4, 0.5) is 0 Å². The molecule has 0 aromatic carbocycles. The molecular formula is C10H24N2OS. The fourth-order valence-electron chi connectivity index (χ4n) is 1.05. The number of hydrogen-bond acceptors (Lipinski definition) is 4. The predicted molar refractivity (Wildman–Crippen MR) is 65.2 cm³/mol. The maximum Gasteiger partial charge on any atom is 0.0587 e. The van der Waals surface area contributed by atoms with Crippen molar-refractivity contribution >= 4 is 11.8 Å². The molecule has 0 unspecified atom stereocenters. The van der Waals surface area contributed by atoms with E-state index in [2.05, 4.69) is 24.2 Å². The first-order valence-electron chi connectivity index (χ1n) is 5.27. The summed E-state index contributed by atoms with van der Waals surface area (Å²) in [6.45, 7) is 7.32. The molecule has 0 amide bonds. The zero-order valence-electron chi connectivity index (χ0n) is 9.71. The molecule has 0 heterocycles. The minimum atomic E-state index is 0.801. The van der Waals surface area contributed by atoms with E-state index < -0.39 is 0 Å². The van der Waals surface area contributed by atoms with E-state index in [0.717, 1.165) is 26.2 Å². The first-order valence-corrected chi connectivity index (χ1v) is 6.42. The zero-order valence-corrected chi connectivity index (χ0v) is 10.5. The molecule has 0 saturated carbocycles. The van der Waals surface area contributed by atoms with Crippen molar-refractivity contribution in [1.29, 1.82) is 0 Å². The molecular weight excluding hydrogens is 196 g/mol. The first-order chi connectivity index (χ1) is 6.81. The number of likely N-dealkylation sites (N-methyl/N-ethyl adjacent to an activating group) is 1. The van der Waals surface area contributed by atoms with Crippen molar-refractivity contribution in [2.45, 2.75) is 6.92 Å². The Bertz CT molecular complexity index is 114. The SMILES string of the molecule is CCSCCN(C)CCNCCOC. The van der Waals surface area contributed by atoms with Gasteiger partial charge in [-0.2, -0.15) is 11.8 Å². The van der Waals surface area contributed by atoms with Gasteiger partial charge in [-0.05, 0) is 12.8 Å². The molecule has 0 aliphatic heterocycles. The summed E-state index contributed by atoms with van der Waals surface area (Å²) >= 11 is 2.00. The lowest BCUT2D eigenvalue weighted by atomic mass is 10.5. The maximum atomic E-state index is 4.95. The van der Waals surface area contributed by atoms with Gasteiger partial charge in [0.1, 0.15) is 0 Å². The molecule has 0 radical (unpaired) electrons. The van der Waals surface area contributed by atoms with Crippen LogP contribution in [0, 0.1) is 0 Å². The molecule has 14 heavy (non-hydrogen) atoms. The van der Waals surface area contributed by atoms with Crippen molar-refractivity contribution in [3.05, 3.63) is 0 Å². The van der Waals surface area contributed by atoms with Crippen molar-refractivity contribution in [3.8, 4) is 0 Å². The molecule has 0 bridgehead atoms. The fourth-order valence-corrected chi connectivity index (χ4v) is 1.78. The Morgan fingerprint density at radius 1 is 1.29 bits per heavy atom. The Hall–Kier alpha value is 0.230. The van der Waals surface area contributed by atoms with Crippen LogP contribution in [0.2, 0.25) is 0 Å². The van der Waals surface area contributed by atoms with Crippen molar-refractivity contribution in [2.24, 2.45) is 0 Å². The number of nitrogens with zero attached hydrogens (tertiary/aromatic N) is 1. The molecule has 0 saturated heterocycles. The highest BCUT2D eigenvalue weighted by Gasteiger charge is 1.96. The molecule has 0 aromatic heterocycles. The summed E-state index contributed by atoms with van der Waals surface area (Å²) in [5.41, 5.74) is 0. The Morgan fingerprint density at radius 3 is 2.71 bits per heavy atom. The van der Waals surface area contributed by atoms with E-state index in [4.69, 9.17) is 4.74 Å². The lowest BCUT2D eigenvalue weighted by Gasteiger charge is -2.16. The highest BCUT2D eigenvalue weighted by molar-refractivity contribution is 7.99. The minimum Gasteiger partial charge on any atom is -0.383 e. The van der Waals surface area contributed by atoms with Crippen LogP contribution in [0.1, 0.15) is 6.92 Å². The van der Waals surface area contributed by atoms with Crippen LogP contribution in [0.5, 0.6) is 0 Å². The van der Waals surface area contributed by atoms with Gasteiger partial charge in [0.25, 0.3) is 0 Å². The predicted octanol–water partition coefficient (Wildman–Crippen LogP) is 0.907. The number of ether oxygens (including phenoxy) is 1. The third kappa shape index (κ3) is 10.3. The average molecular weight is 220 g/mol. The molecule has 86 valence electrons. The van der Waals surface area contributed by atoms with E-state index in [9.17, 15) is 0 Å². The standard InChI is InChI=1S/C10H24N2OS/c1-4-14-10-8-12(2)7-5-11-6-9-13-3/h11H,4-10H2,1-3H3. The van der Waals surface area contributed by atoms with Crippen LogP contribution in [-0.4, -0.2) is 63.3 Å². The monoisotopic (exact) mass is 220 g/mol. The van der Waals surface area contributed by atoms with Gasteiger partial charge < -0.3 is 15.0 Å². The van der Waals surface area contributed by atoms with Crippen LogP contribution in [0.3, 0.4) is 0 Å². The molecule has 0 aromatic rings. The van der Waals surface area contributed by atoms with E-state index in [1.165, 1.54) is 18.1 Å². The molecule has 4 heteroatoms. The van der Waals surface area contributed by atoms with Gasteiger partial charge in [-0.1, -0.05) is 6.92 Å². The van der Waals surface area contributed by atoms with Crippen LogP contribution in [0.15, 0.2) is 0 Å². The third-order valence-electron chi connectivity index (χ3n) is 1.97. The second-order valence-corrected chi connectivity index (χ2v) is 4.64. The second kappa shape index (κ2) is 11.3. The lowest BCUT2D eigenvalue weighted by Crippen LogP contribution is -2.32. The smallest absolute Gasteiger partial charge is 0.0587 e. The van der Waals surface area contributed by atoms with Crippen LogP contribution in [-0.2, 0) is 4.74 Å². The topological polar surface area (TPSA) is 24.5 Å². The molecule has 3 nitrogen and oxygen atoms in total. The summed E-state index contributed by atoms with van der Waals surface area (Å²) in [4.78, 5) is 2.36. The van der Waals surface area contributed by atoms with Gasteiger partial charge in [-0.25, -0.2) is 0 Å². The van der Waals surface area contributed by atoms with Gasteiger partial charge in [-0.15, -0.1) is 0 Å². The second-order valence-electron chi connectivity index (χ2n) is 3.24. The normalized spacial score (nSPS) is 11.1. The van der Waals surface area contributed by atoms with Crippen molar-refractivity contribution in [3.63, 3.8) is 0 Å². The fraction of sp³-hybridized carbons (Fsp3) is 1.00. The summed E-state index contributed by atoms with van der Waals surface area (Å²) in [6.07, 6.45) is 0. The van der Waals surface area contributed by atoms with E-state index >= 15 is 0 Å². The maximum absolute atomic E-state index is 4.95. The molecule has 1 N–H and O–H groups in total. The Labute approximate surface area is 92.6 Å². The van der Waals surface area contributed by atoms with Crippen molar-refractivity contribution < 1.29 is 4.74 Å². The zero-order chi connectivity index (χ0) is 10.6. The van der Waals surface area contributed by atoms with E-state index in [-0.39, 0.29) is 0 Å². The Balaban J connectivity index is 3.06. The van der Waals surface area contributed by atoms with E-state index in [0.29, 0.717) is 0 Å². The van der Waals surface area contributed by atoms with Gasteiger partial charge in [0.15, 0.2) is 0 Å². The molecule has 0 rings (SSSR count). The van der Waals surface area contributed by atoms with Gasteiger partial charge >= 0.3 is 0 Å². The molecule has 0 aliphatic rings. The van der Waals surface area contributed by atoms with Crippen molar-refractivity contribution in [2.75, 3.05) is 58.4 Å². The first kappa shape index (κ1) is 14.2. The van der Waals surface area contributed by atoms with Crippen molar-refractivity contribution in [1.82, 2.24) is 10.2 Å². The van der Waals surface area contributed by atoms with Crippen LogP contribution in [0.25, 0.3) is 0 Å². The number of methoxy groups -OCH3 is 1. The number of hydrogen-bond donors (Lipinski definition) is 1. The Kier molecular flexibility index (Phi) is 11.5. The van der Waals surface area contributed by atoms with Gasteiger partial charge in [0, 0.05) is 39.0 Å². The number of thioether (sulfide) groups is 1. The van der Waals surface area contributed by atoms with Crippen LogP contribution >= 0.6 is 11.8 Å². The minimum absolute atomic E-state index is 0.801. The largest absolute Gasteiger partial charge is 0.383 e. The lowest BCUT2D eigenvalue weighted by molar-refractivity contribution is 0.198.